The van der Waals surface area contributed by atoms with E-state index in [1.165, 1.54) is 0 Å². The van der Waals surface area contributed by atoms with Crippen molar-refractivity contribution >= 4 is 24.0 Å². The minimum absolute atomic E-state index is 0. The second kappa shape index (κ2) is 9.67. The fourth-order valence-corrected chi connectivity index (χ4v) is 2.20. The van der Waals surface area contributed by atoms with Crippen LogP contribution in [-0.2, 0) is 0 Å². The van der Waals surface area contributed by atoms with Crippen LogP contribution in [0.5, 0.6) is 5.75 Å². The highest BCUT2D eigenvalue weighted by Gasteiger charge is 2.07. The first-order chi connectivity index (χ1) is 9.81. The fourth-order valence-electron chi connectivity index (χ4n) is 2.03. The number of hydrogen-bond acceptors (Lipinski definition) is 2. The van der Waals surface area contributed by atoms with Gasteiger partial charge in [-0.05, 0) is 43.3 Å². The first-order valence-corrected chi connectivity index (χ1v) is 7.37. The van der Waals surface area contributed by atoms with Gasteiger partial charge in [0.05, 0.1) is 6.61 Å². The SMILES string of the molecule is CCNCCCOc1ccc(Cl)cc1-c1ccccc1.Cl. The molecule has 114 valence electrons. The van der Waals surface area contributed by atoms with Crippen molar-refractivity contribution in [3.05, 3.63) is 53.6 Å². The standard InChI is InChI=1S/C17H20ClNO.ClH/c1-2-19-11-6-12-20-17-10-9-15(18)13-16(17)14-7-4-3-5-8-14;/h3-5,7-10,13,19H,2,6,11-12H2,1H3;1H. The van der Waals surface area contributed by atoms with Crippen molar-refractivity contribution in [2.75, 3.05) is 19.7 Å². The molecule has 0 aliphatic rings. The lowest BCUT2D eigenvalue weighted by Crippen LogP contribution is -2.16. The molecule has 0 aliphatic carbocycles. The summed E-state index contributed by atoms with van der Waals surface area (Å²) in [5.74, 6) is 0.886. The van der Waals surface area contributed by atoms with Gasteiger partial charge in [-0.15, -0.1) is 12.4 Å². The molecule has 0 aromatic heterocycles. The van der Waals surface area contributed by atoms with Crippen LogP contribution in [0.1, 0.15) is 13.3 Å². The molecule has 2 rings (SSSR count). The van der Waals surface area contributed by atoms with Crippen LogP contribution in [0.2, 0.25) is 5.02 Å². The van der Waals surface area contributed by atoms with Crippen LogP contribution in [0.15, 0.2) is 48.5 Å². The van der Waals surface area contributed by atoms with Crippen molar-refractivity contribution in [3.8, 4) is 16.9 Å². The van der Waals surface area contributed by atoms with Gasteiger partial charge in [-0.1, -0.05) is 48.9 Å². The Morgan fingerprint density at radius 1 is 1.10 bits per heavy atom. The Hall–Kier alpha value is -1.22. The minimum atomic E-state index is 0. The Kier molecular flexibility index (Phi) is 8.21. The molecule has 0 saturated heterocycles. The number of nitrogens with one attached hydrogen (secondary N) is 1. The molecule has 0 amide bonds. The number of ether oxygens (including phenoxy) is 1. The zero-order valence-corrected chi connectivity index (χ0v) is 13.7. The Morgan fingerprint density at radius 2 is 1.86 bits per heavy atom. The van der Waals surface area contributed by atoms with Gasteiger partial charge in [0.25, 0.3) is 0 Å². The van der Waals surface area contributed by atoms with Crippen LogP contribution in [0.4, 0.5) is 0 Å². The Morgan fingerprint density at radius 3 is 2.57 bits per heavy atom. The topological polar surface area (TPSA) is 21.3 Å². The molecule has 0 saturated carbocycles. The molecule has 0 fully saturated rings. The smallest absolute Gasteiger partial charge is 0.127 e. The highest BCUT2D eigenvalue weighted by Crippen LogP contribution is 2.32. The van der Waals surface area contributed by atoms with E-state index in [0.717, 1.165) is 41.4 Å². The predicted molar refractivity (Wildman–Crippen MR) is 92.8 cm³/mol. The molecule has 0 atom stereocenters. The van der Waals surface area contributed by atoms with Gasteiger partial charge in [0.1, 0.15) is 5.75 Å². The summed E-state index contributed by atoms with van der Waals surface area (Å²) in [6.07, 6.45) is 0.991. The number of halogens is 2. The van der Waals surface area contributed by atoms with Gasteiger partial charge in [0, 0.05) is 10.6 Å². The second-order valence-electron chi connectivity index (χ2n) is 4.56. The van der Waals surface area contributed by atoms with Crippen LogP contribution in [0, 0.1) is 0 Å². The third kappa shape index (κ3) is 5.58. The molecule has 2 aromatic carbocycles. The first kappa shape index (κ1) is 17.8. The van der Waals surface area contributed by atoms with Gasteiger partial charge in [-0.3, -0.25) is 0 Å². The molecule has 0 bridgehead atoms. The van der Waals surface area contributed by atoms with Crippen LogP contribution >= 0.6 is 24.0 Å². The molecule has 1 N–H and O–H groups in total. The van der Waals surface area contributed by atoms with E-state index in [9.17, 15) is 0 Å². The molecule has 0 heterocycles. The molecule has 2 nitrogen and oxygen atoms in total. The molecule has 0 unspecified atom stereocenters. The molecular weight excluding hydrogens is 305 g/mol. The highest BCUT2D eigenvalue weighted by atomic mass is 35.5. The van der Waals surface area contributed by atoms with Crippen molar-refractivity contribution in [1.29, 1.82) is 0 Å². The summed E-state index contributed by atoms with van der Waals surface area (Å²) in [4.78, 5) is 0. The molecule has 4 heteroatoms. The maximum absolute atomic E-state index is 6.10. The molecule has 0 radical (unpaired) electrons. The van der Waals surface area contributed by atoms with Gasteiger partial charge >= 0.3 is 0 Å². The molecule has 21 heavy (non-hydrogen) atoms. The Balaban J connectivity index is 0.00000220. The number of benzene rings is 2. The minimum Gasteiger partial charge on any atom is -0.493 e. The Labute approximate surface area is 137 Å². The fraction of sp³-hybridized carbons (Fsp3) is 0.294. The molecule has 0 spiro atoms. The largest absolute Gasteiger partial charge is 0.493 e. The first-order valence-electron chi connectivity index (χ1n) is 6.99. The summed E-state index contributed by atoms with van der Waals surface area (Å²) >= 11 is 6.10. The van der Waals surface area contributed by atoms with Crippen LogP contribution < -0.4 is 10.1 Å². The van der Waals surface area contributed by atoms with Crippen LogP contribution in [0.3, 0.4) is 0 Å². The summed E-state index contributed by atoms with van der Waals surface area (Å²) in [5, 5.41) is 4.01. The van der Waals surface area contributed by atoms with E-state index < -0.39 is 0 Å². The lowest BCUT2D eigenvalue weighted by molar-refractivity contribution is 0.310. The normalized spacial score (nSPS) is 10.0. The summed E-state index contributed by atoms with van der Waals surface area (Å²) in [6, 6.07) is 15.9. The maximum Gasteiger partial charge on any atom is 0.127 e. The van der Waals surface area contributed by atoms with E-state index in [-0.39, 0.29) is 12.4 Å². The van der Waals surface area contributed by atoms with E-state index in [0.29, 0.717) is 6.61 Å². The average Bonchev–Trinajstić information content (AvgIpc) is 2.49. The average molecular weight is 326 g/mol. The van der Waals surface area contributed by atoms with Gasteiger partial charge in [-0.25, -0.2) is 0 Å². The van der Waals surface area contributed by atoms with Crippen molar-refractivity contribution in [1.82, 2.24) is 5.32 Å². The summed E-state index contributed by atoms with van der Waals surface area (Å²) in [6.45, 7) is 4.78. The van der Waals surface area contributed by atoms with E-state index in [2.05, 4.69) is 24.4 Å². The zero-order chi connectivity index (χ0) is 14.2. The molecule has 0 aliphatic heterocycles. The second-order valence-corrected chi connectivity index (χ2v) is 5.00. The zero-order valence-electron chi connectivity index (χ0n) is 12.1. The summed E-state index contributed by atoms with van der Waals surface area (Å²) in [5.41, 5.74) is 2.17. The van der Waals surface area contributed by atoms with E-state index in [1.807, 2.05) is 36.4 Å². The van der Waals surface area contributed by atoms with Gasteiger partial charge in [0.2, 0.25) is 0 Å². The number of hydrogen-bond donors (Lipinski definition) is 1. The third-order valence-corrected chi connectivity index (χ3v) is 3.27. The Bertz CT molecular complexity index is 532. The maximum atomic E-state index is 6.10. The summed E-state index contributed by atoms with van der Waals surface area (Å²) < 4.78 is 5.89. The molecular formula is C17H21Cl2NO. The van der Waals surface area contributed by atoms with Crippen LogP contribution in [0.25, 0.3) is 11.1 Å². The van der Waals surface area contributed by atoms with E-state index in [4.69, 9.17) is 16.3 Å². The van der Waals surface area contributed by atoms with Crippen molar-refractivity contribution in [2.45, 2.75) is 13.3 Å². The van der Waals surface area contributed by atoms with E-state index >= 15 is 0 Å². The van der Waals surface area contributed by atoms with E-state index in [1.54, 1.807) is 0 Å². The lowest BCUT2D eigenvalue weighted by atomic mass is 10.0. The van der Waals surface area contributed by atoms with Crippen molar-refractivity contribution in [3.63, 3.8) is 0 Å². The third-order valence-electron chi connectivity index (χ3n) is 3.03. The van der Waals surface area contributed by atoms with Gasteiger partial charge < -0.3 is 10.1 Å². The lowest BCUT2D eigenvalue weighted by Gasteiger charge is -2.12. The monoisotopic (exact) mass is 325 g/mol. The van der Waals surface area contributed by atoms with Gasteiger partial charge in [0.15, 0.2) is 0 Å². The number of rotatable bonds is 7. The van der Waals surface area contributed by atoms with Crippen LogP contribution in [-0.4, -0.2) is 19.7 Å². The highest BCUT2D eigenvalue weighted by molar-refractivity contribution is 6.31. The van der Waals surface area contributed by atoms with Gasteiger partial charge in [-0.2, -0.15) is 0 Å². The quantitative estimate of drug-likeness (QED) is 0.738. The molecule has 2 aromatic rings. The predicted octanol–water partition coefficient (Wildman–Crippen LogP) is 4.81. The van der Waals surface area contributed by atoms with Crippen molar-refractivity contribution in [2.24, 2.45) is 0 Å². The summed E-state index contributed by atoms with van der Waals surface area (Å²) in [7, 11) is 0. The van der Waals surface area contributed by atoms with Crippen molar-refractivity contribution < 1.29 is 4.74 Å².